The molecule has 3 rings (SSSR count). The minimum absolute atomic E-state index is 0.191. The fourth-order valence-corrected chi connectivity index (χ4v) is 4.14. The molecule has 2 aromatic rings. The van der Waals surface area contributed by atoms with Crippen molar-refractivity contribution in [1.29, 1.82) is 0 Å². The van der Waals surface area contributed by atoms with E-state index in [2.05, 4.69) is 24.4 Å². The van der Waals surface area contributed by atoms with Gasteiger partial charge in [0.15, 0.2) is 5.60 Å². The molecule has 1 saturated heterocycles. The van der Waals surface area contributed by atoms with Crippen LogP contribution in [-0.4, -0.2) is 36.0 Å². The molecule has 1 atom stereocenters. The van der Waals surface area contributed by atoms with Crippen LogP contribution in [0.2, 0.25) is 0 Å². The predicted molar refractivity (Wildman–Crippen MR) is 129 cm³/mol. The number of carboxylic acids is 1. The van der Waals surface area contributed by atoms with Crippen molar-refractivity contribution < 1.29 is 28.9 Å². The Labute approximate surface area is 201 Å². The molecule has 2 aromatic carbocycles. The van der Waals surface area contributed by atoms with E-state index in [4.69, 9.17) is 14.2 Å². The third-order valence-corrected chi connectivity index (χ3v) is 6.04. The van der Waals surface area contributed by atoms with Crippen LogP contribution in [0.15, 0.2) is 42.5 Å². The lowest BCUT2D eigenvalue weighted by molar-refractivity contribution is -0.159. The number of alkyl carbamates (subject to hydrolysis) is 1. The molecule has 0 bridgehead atoms. The number of ether oxygens (including phenoxy) is 3. The van der Waals surface area contributed by atoms with Gasteiger partial charge in [-0.25, -0.2) is 9.59 Å². The topological polar surface area (TPSA) is 94.1 Å². The quantitative estimate of drug-likeness (QED) is 0.453. The van der Waals surface area contributed by atoms with E-state index in [-0.39, 0.29) is 19.6 Å². The van der Waals surface area contributed by atoms with E-state index in [0.717, 1.165) is 42.4 Å². The molecule has 0 radical (unpaired) electrons. The number of rotatable bonds is 12. The molecule has 1 aliphatic heterocycles. The van der Waals surface area contributed by atoms with E-state index in [0.29, 0.717) is 25.4 Å². The van der Waals surface area contributed by atoms with Crippen molar-refractivity contribution in [3.05, 3.63) is 64.7 Å². The molecule has 1 unspecified atom stereocenters. The van der Waals surface area contributed by atoms with Gasteiger partial charge >= 0.3 is 12.1 Å². The van der Waals surface area contributed by atoms with Crippen LogP contribution in [0.25, 0.3) is 0 Å². The first-order valence-corrected chi connectivity index (χ1v) is 12.1. The highest BCUT2D eigenvalue weighted by molar-refractivity contribution is 5.78. The summed E-state index contributed by atoms with van der Waals surface area (Å²) in [7, 11) is 0. The molecule has 34 heavy (non-hydrogen) atoms. The van der Waals surface area contributed by atoms with Crippen molar-refractivity contribution in [3.63, 3.8) is 0 Å². The molecule has 1 heterocycles. The van der Waals surface area contributed by atoms with Crippen LogP contribution in [0, 0.1) is 0 Å². The number of aryl methyl sites for hydroxylation is 1. The first-order chi connectivity index (χ1) is 16.5. The Morgan fingerprint density at radius 2 is 1.82 bits per heavy atom. The Bertz CT molecular complexity index is 950. The second-order valence-corrected chi connectivity index (χ2v) is 8.65. The molecule has 2 N–H and O–H groups in total. The number of carbonyl (C=O) groups is 2. The third-order valence-electron chi connectivity index (χ3n) is 6.04. The fraction of sp³-hybridized carbons (Fsp3) is 0.481. The number of hydrogen-bond donors (Lipinski definition) is 2. The van der Waals surface area contributed by atoms with E-state index in [1.165, 1.54) is 5.56 Å². The summed E-state index contributed by atoms with van der Waals surface area (Å²) in [6, 6.07) is 13.6. The molecule has 0 saturated carbocycles. The van der Waals surface area contributed by atoms with E-state index in [9.17, 15) is 14.7 Å². The highest BCUT2D eigenvalue weighted by Gasteiger charge is 2.43. The van der Waals surface area contributed by atoms with Gasteiger partial charge in [-0.2, -0.15) is 0 Å². The Morgan fingerprint density at radius 1 is 1.09 bits per heavy atom. The average molecular weight is 470 g/mol. The molecular formula is C27H35NO6. The van der Waals surface area contributed by atoms with Crippen LogP contribution in [0.3, 0.4) is 0 Å². The largest absolute Gasteiger partial charge is 0.494 e. The van der Waals surface area contributed by atoms with Crippen LogP contribution in [0.4, 0.5) is 4.79 Å². The zero-order valence-electron chi connectivity index (χ0n) is 20.1. The normalized spacial score (nSPS) is 17.4. The van der Waals surface area contributed by atoms with Crippen LogP contribution < -0.4 is 10.1 Å². The maximum Gasteiger partial charge on any atom is 0.407 e. The van der Waals surface area contributed by atoms with Gasteiger partial charge in [0.1, 0.15) is 12.4 Å². The zero-order chi connectivity index (χ0) is 24.4. The van der Waals surface area contributed by atoms with Gasteiger partial charge in [-0.15, -0.1) is 0 Å². The summed E-state index contributed by atoms with van der Waals surface area (Å²) in [4.78, 5) is 24.1. The second kappa shape index (κ2) is 12.4. The molecule has 1 fully saturated rings. The number of carbonyl (C=O) groups excluding carboxylic acids is 1. The molecule has 7 nitrogen and oxygen atoms in total. The van der Waals surface area contributed by atoms with Gasteiger partial charge in [0.2, 0.25) is 0 Å². The number of hydrogen-bond acceptors (Lipinski definition) is 5. The summed E-state index contributed by atoms with van der Waals surface area (Å²) >= 11 is 0. The summed E-state index contributed by atoms with van der Waals surface area (Å²) in [5.41, 5.74) is 2.60. The summed E-state index contributed by atoms with van der Waals surface area (Å²) in [6.45, 7) is 5.39. The van der Waals surface area contributed by atoms with Gasteiger partial charge in [-0.05, 0) is 55.4 Å². The van der Waals surface area contributed by atoms with E-state index in [1.807, 2.05) is 37.3 Å². The lowest BCUT2D eigenvalue weighted by atomic mass is 9.91. The van der Waals surface area contributed by atoms with Gasteiger partial charge in [-0.3, -0.25) is 0 Å². The molecule has 1 aliphatic rings. The maximum atomic E-state index is 12.3. The van der Waals surface area contributed by atoms with Crippen molar-refractivity contribution in [2.75, 3.05) is 13.2 Å². The average Bonchev–Trinajstić information content (AvgIpc) is 3.32. The van der Waals surface area contributed by atoms with Crippen molar-refractivity contribution >= 4 is 12.1 Å². The summed E-state index contributed by atoms with van der Waals surface area (Å²) in [6.07, 6.45) is 4.32. The van der Waals surface area contributed by atoms with E-state index >= 15 is 0 Å². The van der Waals surface area contributed by atoms with Crippen LogP contribution >= 0.6 is 0 Å². The minimum atomic E-state index is -1.19. The van der Waals surface area contributed by atoms with Crippen molar-refractivity contribution in [1.82, 2.24) is 5.32 Å². The maximum absolute atomic E-state index is 12.3. The smallest absolute Gasteiger partial charge is 0.407 e. The van der Waals surface area contributed by atoms with E-state index in [1.54, 1.807) is 0 Å². The monoisotopic (exact) mass is 469 g/mol. The number of carboxylic acid groups (broad SMARTS) is 1. The van der Waals surface area contributed by atoms with Crippen molar-refractivity contribution in [2.45, 2.75) is 71.1 Å². The number of nitrogens with one attached hydrogen (secondary N) is 1. The second-order valence-electron chi connectivity index (χ2n) is 8.65. The highest BCUT2D eigenvalue weighted by Crippen LogP contribution is 2.31. The predicted octanol–water partition coefficient (Wildman–Crippen LogP) is 5.03. The standard InChI is InChI=1S/C27H35NO6/c1-3-5-7-20-8-10-21(11-9-20)19-33-26(31)28-18-23-16-22(12-13-24(23)32-4-2)17-27(25(29)30)14-6-15-34-27/h8-13,16H,3-7,14-15,17-19H2,1-2H3,(H,28,31)(H,29,30). The van der Waals surface area contributed by atoms with Crippen molar-refractivity contribution in [2.24, 2.45) is 0 Å². The minimum Gasteiger partial charge on any atom is -0.494 e. The first-order valence-electron chi connectivity index (χ1n) is 12.1. The summed E-state index contributed by atoms with van der Waals surface area (Å²) in [5.74, 6) is -0.300. The molecular weight excluding hydrogens is 434 g/mol. The molecule has 0 spiro atoms. The summed E-state index contributed by atoms with van der Waals surface area (Å²) < 4.78 is 16.7. The zero-order valence-corrected chi connectivity index (χ0v) is 20.1. The fourth-order valence-electron chi connectivity index (χ4n) is 4.14. The Morgan fingerprint density at radius 3 is 2.47 bits per heavy atom. The van der Waals surface area contributed by atoms with Crippen LogP contribution in [-0.2, 0) is 40.3 Å². The number of amides is 1. The molecule has 0 aromatic heterocycles. The summed E-state index contributed by atoms with van der Waals surface area (Å²) in [5, 5.41) is 12.5. The van der Waals surface area contributed by atoms with Gasteiger partial charge in [0.25, 0.3) is 0 Å². The van der Waals surface area contributed by atoms with Crippen LogP contribution in [0.1, 0.15) is 61.8 Å². The van der Waals surface area contributed by atoms with Gasteiger partial charge < -0.3 is 24.6 Å². The van der Waals surface area contributed by atoms with Gasteiger partial charge in [0, 0.05) is 25.1 Å². The third kappa shape index (κ3) is 6.97. The van der Waals surface area contributed by atoms with Gasteiger partial charge in [-0.1, -0.05) is 49.7 Å². The Kier molecular flexibility index (Phi) is 9.33. The lowest BCUT2D eigenvalue weighted by Crippen LogP contribution is -2.40. The van der Waals surface area contributed by atoms with Crippen LogP contribution in [0.5, 0.6) is 5.75 Å². The molecule has 7 heteroatoms. The van der Waals surface area contributed by atoms with E-state index < -0.39 is 17.7 Å². The van der Waals surface area contributed by atoms with Crippen molar-refractivity contribution in [3.8, 4) is 5.75 Å². The molecule has 1 amide bonds. The number of unbranched alkanes of at least 4 members (excludes halogenated alkanes) is 1. The Hall–Kier alpha value is -3.06. The SMILES string of the molecule is CCCCc1ccc(COC(=O)NCc2cc(CC3(C(=O)O)CCCO3)ccc2OCC)cc1. The molecule has 184 valence electrons. The lowest BCUT2D eigenvalue weighted by Gasteiger charge is -2.24. The number of benzene rings is 2. The first kappa shape index (κ1) is 25.6. The Balaban J connectivity index is 1.58. The number of aliphatic carboxylic acids is 1. The van der Waals surface area contributed by atoms with Gasteiger partial charge in [0.05, 0.1) is 6.61 Å². The molecule has 0 aliphatic carbocycles. The highest BCUT2D eigenvalue weighted by atomic mass is 16.5.